The number of carbonyl (C=O) groups excluding carboxylic acids is 1. The summed E-state index contributed by atoms with van der Waals surface area (Å²) in [4.78, 5) is 12.6. The average molecular weight is 385 g/mol. The maximum Gasteiger partial charge on any atom is 0.230 e. The number of thioether (sulfide) groups is 1. The van der Waals surface area contributed by atoms with Gasteiger partial charge in [0.25, 0.3) is 0 Å². The monoisotopic (exact) mass is 384 g/mol. The van der Waals surface area contributed by atoms with Gasteiger partial charge in [0.15, 0.2) is 5.16 Å². The molecule has 4 rings (SSSR count). The summed E-state index contributed by atoms with van der Waals surface area (Å²) >= 11 is 1.44. The van der Waals surface area contributed by atoms with Crippen LogP contribution in [-0.2, 0) is 4.79 Å². The number of amides is 1. The summed E-state index contributed by atoms with van der Waals surface area (Å²) in [5.74, 6) is 1.18. The Labute approximate surface area is 165 Å². The highest BCUT2D eigenvalue weighted by molar-refractivity contribution is 7.99. The first-order chi connectivity index (χ1) is 12.8. The minimum Gasteiger partial charge on any atom is -0.352 e. The van der Waals surface area contributed by atoms with Gasteiger partial charge in [-0.25, -0.2) is 0 Å². The average Bonchev–Trinajstić information content (AvgIpc) is 3.23. The Morgan fingerprint density at radius 2 is 2.04 bits per heavy atom. The van der Waals surface area contributed by atoms with E-state index in [1.165, 1.54) is 30.2 Å². The van der Waals surface area contributed by atoms with Gasteiger partial charge < -0.3 is 5.32 Å². The number of carbonyl (C=O) groups is 1. The van der Waals surface area contributed by atoms with Crippen molar-refractivity contribution in [1.82, 2.24) is 20.1 Å². The second kappa shape index (κ2) is 6.66. The molecule has 1 amide bonds. The van der Waals surface area contributed by atoms with E-state index in [2.05, 4.69) is 55.3 Å². The van der Waals surface area contributed by atoms with E-state index in [9.17, 15) is 4.79 Å². The summed E-state index contributed by atoms with van der Waals surface area (Å²) < 4.78 is 1.93. The van der Waals surface area contributed by atoms with Gasteiger partial charge in [0, 0.05) is 11.7 Å². The van der Waals surface area contributed by atoms with E-state index in [0.717, 1.165) is 23.2 Å². The number of hydrogen-bond donors (Lipinski definition) is 1. The standard InChI is InChI=1S/C21H28N4OS/c1-14-5-7-16(8-6-14)25-13-22-24-19(25)27-12-18(26)23-17-11-15-9-10-21(17,4)20(15,2)3/h5-8,13,15,17H,9-12H2,1-4H3,(H,23,26). The third kappa shape index (κ3) is 3.08. The fourth-order valence-electron chi connectivity index (χ4n) is 4.99. The topological polar surface area (TPSA) is 59.8 Å². The number of nitrogens with one attached hydrogen (secondary N) is 1. The van der Waals surface area contributed by atoms with Crippen LogP contribution in [0.15, 0.2) is 35.7 Å². The summed E-state index contributed by atoms with van der Waals surface area (Å²) in [5.41, 5.74) is 2.74. The fourth-order valence-corrected chi connectivity index (χ4v) is 5.73. The molecule has 1 N–H and O–H groups in total. The molecule has 2 fully saturated rings. The number of benzene rings is 1. The third-order valence-corrected chi connectivity index (χ3v) is 8.23. The number of nitrogens with zero attached hydrogens (tertiary/aromatic N) is 3. The lowest BCUT2D eigenvalue weighted by molar-refractivity contribution is -0.120. The van der Waals surface area contributed by atoms with Gasteiger partial charge in [-0.2, -0.15) is 0 Å². The van der Waals surface area contributed by atoms with Crippen LogP contribution in [0.25, 0.3) is 5.69 Å². The molecule has 2 aliphatic rings. The van der Waals surface area contributed by atoms with E-state index in [0.29, 0.717) is 11.2 Å². The predicted octanol–water partition coefficient (Wildman–Crippen LogP) is 4.00. The second-order valence-corrected chi connectivity index (χ2v) is 9.78. The number of rotatable bonds is 5. The molecule has 6 heteroatoms. The van der Waals surface area contributed by atoms with E-state index in [1.807, 2.05) is 16.7 Å². The lowest BCUT2D eigenvalue weighted by atomic mass is 9.69. The summed E-state index contributed by atoms with van der Waals surface area (Å²) in [6, 6.07) is 8.50. The van der Waals surface area contributed by atoms with Gasteiger partial charge in [0.1, 0.15) is 6.33 Å². The van der Waals surface area contributed by atoms with Crippen LogP contribution in [-0.4, -0.2) is 32.5 Å². The number of aromatic nitrogens is 3. The molecule has 3 atom stereocenters. The highest BCUT2D eigenvalue weighted by Gasteiger charge is 2.61. The minimum atomic E-state index is 0.0908. The Kier molecular flexibility index (Phi) is 4.57. The zero-order chi connectivity index (χ0) is 19.2. The fraction of sp³-hybridized carbons (Fsp3) is 0.571. The van der Waals surface area contributed by atoms with Crippen molar-refractivity contribution in [2.75, 3.05) is 5.75 Å². The molecule has 0 saturated heterocycles. The summed E-state index contributed by atoms with van der Waals surface area (Å²) in [7, 11) is 0. The molecule has 1 heterocycles. The van der Waals surface area contributed by atoms with E-state index >= 15 is 0 Å². The van der Waals surface area contributed by atoms with Crippen molar-refractivity contribution in [3.8, 4) is 5.69 Å². The molecule has 2 saturated carbocycles. The van der Waals surface area contributed by atoms with E-state index in [-0.39, 0.29) is 17.4 Å². The van der Waals surface area contributed by atoms with Gasteiger partial charge in [-0.3, -0.25) is 9.36 Å². The highest BCUT2D eigenvalue weighted by Crippen LogP contribution is 2.65. The molecule has 0 aliphatic heterocycles. The van der Waals surface area contributed by atoms with Crippen LogP contribution in [0, 0.1) is 23.7 Å². The van der Waals surface area contributed by atoms with E-state index in [4.69, 9.17) is 0 Å². The summed E-state index contributed by atoms with van der Waals surface area (Å²) in [5, 5.41) is 12.3. The van der Waals surface area contributed by atoms with Crippen molar-refractivity contribution in [2.45, 2.75) is 58.2 Å². The van der Waals surface area contributed by atoms with Gasteiger partial charge in [-0.15, -0.1) is 10.2 Å². The van der Waals surface area contributed by atoms with Crippen LogP contribution in [0.2, 0.25) is 0 Å². The largest absolute Gasteiger partial charge is 0.352 e. The van der Waals surface area contributed by atoms with Crippen molar-refractivity contribution < 1.29 is 4.79 Å². The quantitative estimate of drug-likeness (QED) is 0.792. The van der Waals surface area contributed by atoms with Crippen LogP contribution < -0.4 is 5.32 Å². The first kappa shape index (κ1) is 18.5. The van der Waals surface area contributed by atoms with Crippen LogP contribution in [0.4, 0.5) is 0 Å². The highest BCUT2D eigenvalue weighted by atomic mass is 32.2. The molecule has 2 aliphatic carbocycles. The normalized spacial score (nSPS) is 28.4. The van der Waals surface area contributed by atoms with Crippen molar-refractivity contribution in [3.05, 3.63) is 36.2 Å². The molecule has 1 aromatic heterocycles. The molecule has 2 aromatic rings. The van der Waals surface area contributed by atoms with Crippen LogP contribution in [0.3, 0.4) is 0 Å². The van der Waals surface area contributed by atoms with Crippen molar-refractivity contribution in [3.63, 3.8) is 0 Å². The predicted molar refractivity (Wildman–Crippen MR) is 108 cm³/mol. The van der Waals surface area contributed by atoms with Crippen LogP contribution in [0.1, 0.15) is 45.6 Å². The van der Waals surface area contributed by atoms with Crippen molar-refractivity contribution in [1.29, 1.82) is 0 Å². The lowest BCUT2D eigenvalue weighted by Crippen LogP contribution is -2.47. The first-order valence-electron chi connectivity index (χ1n) is 9.70. The zero-order valence-electron chi connectivity index (χ0n) is 16.5. The Bertz CT molecular complexity index is 844. The van der Waals surface area contributed by atoms with Gasteiger partial charge in [0.2, 0.25) is 5.91 Å². The van der Waals surface area contributed by atoms with Gasteiger partial charge in [-0.1, -0.05) is 50.2 Å². The molecular weight excluding hydrogens is 356 g/mol. The SMILES string of the molecule is Cc1ccc(-n2cnnc2SCC(=O)NC2CC3CCC2(C)C3(C)C)cc1. The minimum absolute atomic E-state index is 0.0908. The molecule has 0 spiro atoms. The Morgan fingerprint density at radius 1 is 1.30 bits per heavy atom. The maximum absolute atomic E-state index is 12.6. The Morgan fingerprint density at radius 3 is 2.67 bits per heavy atom. The molecule has 2 bridgehead atoms. The van der Waals surface area contributed by atoms with Gasteiger partial charge >= 0.3 is 0 Å². The Balaban J connectivity index is 1.39. The molecular formula is C21H28N4OS. The number of fused-ring (bicyclic) bond motifs is 2. The molecule has 1 aromatic carbocycles. The summed E-state index contributed by atoms with van der Waals surface area (Å²) in [6.07, 6.45) is 5.32. The molecule has 3 unspecified atom stereocenters. The van der Waals surface area contributed by atoms with E-state index in [1.54, 1.807) is 6.33 Å². The van der Waals surface area contributed by atoms with Crippen LogP contribution in [0.5, 0.6) is 0 Å². The summed E-state index contributed by atoms with van der Waals surface area (Å²) in [6.45, 7) is 9.16. The lowest BCUT2D eigenvalue weighted by Gasteiger charge is -2.39. The molecule has 0 radical (unpaired) electrons. The number of hydrogen-bond acceptors (Lipinski definition) is 4. The van der Waals surface area contributed by atoms with Gasteiger partial charge in [0.05, 0.1) is 5.75 Å². The van der Waals surface area contributed by atoms with Gasteiger partial charge in [-0.05, 0) is 55.1 Å². The third-order valence-electron chi connectivity index (χ3n) is 7.29. The molecule has 144 valence electrons. The maximum atomic E-state index is 12.6. The van der Waals surface area contributed by atoms with E-state index < -0.39 is 0 Å². The number of aryl methyl sites for hydroxylation is 1. The molecule has 27 heavy (non-hydrogen) atoms. The van der Waals surface area contributed by atoms with Crippen LogP contribution >= 0.6 is 11.8 Å². The zero-order valence-corrected chi connectivity index (χ0v) is 17.3. The van der Waals surface area contributed by atoms with Crippen molar-refractivity contribution in [2.24, 2.45) is 16.7 Å². The van der Waals surface area contributed by atoms with Crippen molar-refractivity contribution >= 4 is 17.7 Å². The first-order valence-corrected chi connectivity index (χ1v) is 10.7. The molecule has 5 nitrogen and oxygen atoms in total. The smallest absolute Gasteiger partial charge is 0.230 e. The Hall–Kier alpha value is -1.82. The second-order valence-electron chi connectivity index (χ2n) is 8.84.